The predicted octanol–water partition coefficient (Wildman–Crippen LogP) is 8.49. The van der Waals surface area contributed by atoms with Crippen LogP contribution in [-0.2, 0) is 27.4 Å². The first-order chi connectivity index (χ1) is 29.3. The van der Waals surface area contributed by atoms with Crippen molar-refractivity contribution in [2.45, 2.75) is 83.6 Å². The molecule has 60 heavy (non-hydrogen) atoms. The topological polar surface area (TPSA) is 140 Å². The van der Waals surface area contributed by atoms with Crippen LogP contribution < -0.4 is 5.32 Å². The first-order valence-corrected chi connectivity index (χ1v) is 21.3. The van der Waals surface area contributed by atoms with E-state index in [1.807, 2.05) is 42.4 Å². The number of carbonyl (C=O) groups excluding carboxylic acids is 3. The summed E-state index contributed by atoms with van der Waals surface area (Å²) in [6, 6.07) is 32.3. The summed E-state index contributed by atoms with van der Waals surface area (Å²) in [6.45, 7) is 5.95. The molecule has 3 amide bonds. The van der Waals surface area contributed by atoms with Crippen LogP contribution in [0.4, 0.5) is 4.79 Å². The number of aromatic amines is 2. The van der Waals surface area contributed by atoms with Gasteiger partial charge >= 0.3 is 6.09 Å². The van der Waals surface area contributed by atoms with Crippen molar-refractivity contribution in [3.05, 3.63) is 121 Å². The van der Waals surface area contributed by atoms with Gasteiger partial charge in [-0.2, -0.15) is 0 Å². The van der Waals surface area contributed by atoms with Crippen LogP contribution in [0.3, 0.4) is 0 Å². The Kier molecular flexibility index (Phi) is 12.4. The molecule has 6 aromatic rings. The van der Waals surface area contributed by atoms with Crippen molar-refractivity contribution in [3.8, 4) is 33.6 Å². The van der Waals surface area contributed by atoms with Crippen LogP contribution in [-0.4, -0.2) is 91.4 Å². The van der Waals surface area contributed by atoms with Gasteiger partial charge in [-0.25, -0.2) is 14.8 Å². The molecule has 0 aliphatic heterocycles. The third kappa shape index (κ3) is 9.44. The van der Waals surface area contributed by atoms with Crippen LogP contribution in [0.5, 0.6) is 0 Å². The Morgan fingerprint density at radius 2 is 1.38 bits per heavy atom. The minimum atomic E-state index is -0.640. The average molecular weight is 807 g/mol. The highest BCUT2D eigenvalue weighted by atomic mass is 16.5. The highest BCUT2D eigenvalue weighted by molar-refractivity contribution is 5.91. The van der Waals surface area contributed by atoms with E-state index in [-0.39, 0.29) is 24.4 Å². The number of amides is 3. The van der Waals surface area contributed by atoms with E-state index in [1.165, 1.54) is 32.8 Å². The summed E-state index contributed by atoms with van der Waals surface area (Å²) in [4.78, 5) is 61.2. The predicted molar refractivity (Wildman–Crippen MR) is 233 cm³/mol. The number of hydrogen-bond acceptors (Lipinski definition) is 7. The molecule has 0 radical (unpaired) electrons. The summed E-state index contributed by atoms with van der Waals surface area (Å²) in [6.07, 6.45) is 9.42. The molecule has 2 heterocycles. The van der Waals surface area contributed by atoms with Gasteiger partial charge in [0, 0.05) is 36.9 Å². The number of alkyl carbamates (subject to hydrolysis) is 1. The van der Waals surface area contributed by atoms with Crippen LogP contribution in [0.2, 0.25) is 0 Å². The Morgan fingerprint density at radius 1 is 0.767 bits per heavy atom. The molecule has 12 heteroatoms. The fourth-order valence-corrected chi connectivity index (χ4v) is 8.11. The van der Waals surface area contributed by atoms with Crippen molar-refractivity contribution in [1.82, 2.24) is 40.0 Å². The molecule has 2 aromatic heterocycles. The van der Waals surface area contributed by atoms with Crippen LogP contribution in [0.15, 0.2) is 103 Å². The maximum absolute atomic E-state index is 14.5. The molecule has 2 fully saturated rings. The van der Waals surface area contributed by atoms with Gasteiger partial charge in [0.25, 0.3) is 0 Å². The minimum Gasteiger partial charge on any atom is -0.453 e. The number of imidazole rings is 2. The Hall–Kier alpha value is -6.27. The normalized spacial score (nSPS) is 14.3. The van der Waals surface area contributed by atoms with E-state index in [4.69, 9.17) is 9.97 Å². The van der Waals surface area contributed by atoms with Gasteiger partial charge in [-0.05, 0) is 83.7 Å². The number of fused-ring (bicyclic) bond motifs is 1. The average Bonchev–Trinajstić information content (AvgIpc) is 4.21. The molecule has 1 atom stereocenters. The van der Waals surface area contributed by atoms with Gasteiger partial charge < -0.3 is 29.8 Å². The second kappa shape index (κ2) is 18.3. The van der Waals surface area contributed by atoms with Crippen molar-refractivity contribution in [2.24, 2.45) is 0 Å². The van der Waals surface area contributed by atoms with Crippen LogP contribution in [0.25, 0.3) is 44.4 Å². The van der Waals surface area contributed by atoms with Gasteiger partial charge in [-0.15, -0.1) is 0 Å². The Bertz CT molecular complexity index is 2410. The van der Waals surface area contributed by atoms with Crippen molar-refractivity contribution in [1.29, 1.82) is 0 Å². The lowest BCUT2D eigenvalue weighted by atomic mass is 9.98. The Balaban J connectivity index is 0.925. The van der Waals surface area contributed by atoms with Gasteiger partial charge in [-0.3, -0.25) is 14.5 Å². The van der Waals surface area contributed by atoms with Crippen LogP contribution in [0.1, 0.15) is 75.6 Å². The molecule has 12 nitrogen and oxygen atoms in total. The van der Waals surface area contributed by atoms with E-state index in [0.717, 1.165) is 68.6 Å². The third-order valence-electron chi connectivity index (χ3n) is 11.4. The maximum atomic E-state index is 14.5. The first kappa shape index (κ1) is 40.5. The summed E-state index contributed by atoms with van der Waals surface area (Å²) in [7, 11) is 1.27. The number of nitrogens with zero attached hydrogens (tertiary/aromatic N) is 5. The number of benzene rings is 4. The standard InChI is InChI=1S/C48H54N8O4/c1-4-23-54(45(57)29-51-48(59)60-3)30-43-50-28-42(53-43)38-18-17-36-25-35(15-16-37(36)26-38)32-11-13-33(14-12-32)41-27-49-44(52-41)31-55(24-5-2)47(58)46(34-9-7-6-8-10-34)56(39-19-20-39)40-21-22-40/h6-18,25-28,39-40,46H,4-5,19-24,29-31H2,1-3H3,(H,49,52)(H,50,53)(H,51,59). The molecule has 8 rings (SSSR count). The highest BCUT2D eigenvalue weighted by Gasteiger charge is 2.46. The zero-order chi connectivity index (χ0) is 41.6. The fourth-order valence-electron chi connectivity index (χ4n) is 8.11. The van der Waals surface area contributed by atoms with E-state index < -0.39 is 6.09 Å². The lowest BCUT2D eigenvalue weighted by Crippen LogP contribution is -2.45. The molecule has 0 bridgehead atoms. The molecule has 0 spiro atoms. The molecule has 0 saturated heterocycles. The second-order valence-corrected chi connectivity index (χ2v) is 16.0. The number of H-pyrrole nitrogens is 2. The summed E-state index contributed by atoms with van der Waals surface area (Å²) in [5, 5.41) is 4.67. The van der Waals surface area contributed by atoms with Crippen LogP contribution in [0, 0.1) is 0 Å². The molecule has 2 aliphatic rings. The largest absolute Gasteiger partial charge is 0.453 e. The number of methoxy groups -OCH3 is 1. The highest BCUT2D eigenvalue weighted by Crippen LogP contribution is 2.44. The Morgan fingerprint density at radius 3 is 2.05 bits per heavy atom. The van der Waals surface area contributed by atoms with Gasteiger partial charge in [0.2, 0.25) is 11.8 Å². The molecular formula is C48H54N8O4. The van der Waals surface area contributed by atoms with Crippen molar-refractivity contribution < 1.29 is 19.1 Å². The number of rotatable bonds is 18. The lowest BCUT2D eigenvalue weighted by molar-refractivity contribution is -0.139. The van der Waals surface area contributed by atoms with Gasteiger partial charge in [0.05, 0.1) is 37.8 Å². The first-order valence-electron chi connectivity index (χ1n) is 21.3. The third-order valence-corrected chi connectivity index (χ3v) is 11.4. The zero-order valence-corrected chi connectivity index (χ0v) is 34.7. The SMILES string of the molecule is CCCN(Cc1nc(-c2ccc3cc(-c4ccc(-c5cnc(CN(CCC)C(=O)C(c6ccccc6)N(C6CC6)C6CC6)[nH]5)cc4)ccc3c2)c[nH]1)C(=O)CNC(=O)OC. The number of carbonyl (C=O) groups is 3. The quantitative estimate of drug-likeness (QED) is 0.0792. The smallest absolute Gasteiger partial charge is 0.407 e. The van der Waals surface area contributed by atoms with E-state index in [0.29, 0.717) is 44.1 Å². The summed E-state index contributed by atoms with van der Waals surface area (Å²) in [5.74, 6) is 1.41. The van der Waals surface area contributed by atoms with Gasteiger partial charge in [-0.1, -0.05) is 92.7 Å². The summed E-state index contributed by atoms with van der Waals surface area (Å²) < 4.78 is 4.59. The van der Waals surface area contributed by atoms with Gasteiger partial charge in [0.1, 0.15) is 24.2 Å². The molecule has 310 valence electrons. The minimum absolute atomic E-state index is 0.138. The van der Waals surface area contributed by atoms with Crippen molar-refractivity contribution in [2.75, 3.05) is 26.7 Å². The number of aromatic nitrogens is 4. The van der Waals surface area contributed by atoms with E-state index in [2.05, 4.69) is 105 Å². The zero-order valence-electron chi connectivity index (χ0n) is 34.7. The maximum Gasteiger partial charge on any atom is 0.407 e. The number of ether oxygens (including phenoxy) is 1. The van der Waals surface area contributed by atoms with Crippen LogP contribution >= 0.6 is 0 Å². The monoisotopic (exact) mass is 806 g/mol. The fraction of sp³-hybridized carbons (Fsp3) is 0.354. The van der Waals surface area contributed by atoms with Crippen molar-refractivity contribution in [3.63, 3.8) is 0 Å². The second-order valence-electron chi connectivity index (χ2n) is 16.0. The number of nitrogens with one attached hydrogen (secondary N) is 3. The van der Waals surface area contributed by atoms with Gasteiger partial charge in [0.15, 0.2) is 0 Å². The Labute approximate surface area is 351 Å². The van der Waals surface area contributed by atoms with E-state index in [9.17, 15) is 14.4 Å². The molecule has 3 N–H and O–H groups in total. The molecule has 2 aliphatic carbocycles. The molecule has 2 saturated carbocycles. The molecule has 1 unspecified atom stereocenters. The summed E-state index contributed by atoms with van der Waals surface area (Å²) in [5.41, 5.74) is 7.02. The van der Waals surface area contributed by atoms with E-state index in [1.54, 1.807) is 4.90 Å². The molecule has 4 aromatic carbocycles. The number of hydrogen-bond donors (Lipinski definition) is 3. The summed E-state index contributed by atoms with van der Waals surface area (Å²) >= 11 is 0. The van der Waals surface area contributed by atoms with E-state index >= 15 is 0 Å². The van der Waals surface area contributed by atoms with Crippen molar-refractivity contribution >= 4 is 28.7 Å². The molecular weight excluding hydrogens is 753 g/mol. The lowest BCUT2D eigenvalue weighted by Gasteiger charge is -2.35.